The number of hydrogen-bond acceptors (Lipinski definition) is 0. The van der Waals surface area contributed by atoms with E-state index in [1.54, 1.807) is 0 Å². The van der Waals surface area contributed by atoms with Crippen LogP contribution < -0.4 is 0 Å². The normalized spacial score (nSPS) is 12.0. The minimum atomic E-state index is 1.05. The monoisotopic (exact) mass is 955 g/mol. The molecule has 2 aliphatic rings. The first-order chi connectivity index (χ1) is 34.6. The van der Waals surface area contributed by atoms with Gasteiger partial charge in [0.15, 0.2) is 0 Å². The average Bonchev–Trinajstić information content (AvgIpc) is 4.12. The van der Waals surface area contributed by atoms with Gasteiger partial charge in [-0.1, -0.05) is 222 Å². The third-order valence-corrected chi connectivity index (χ3v) is 14.9. The molecule has 2 aliphatic carbocycles. The highest BCUT2D eigenvalue weighted by molar-refractivity contribution is 9.10. The van der Waals surface area contributed by atoms with Crippen molar-refractivity contribution in [3.05, 3.63) is 282 Å². The van der Waals surface area contributed by atoms with Crippen molar-refractivity contribution < 1.29 is 0 Å². The van der Waals surface area contributed by atoms with E-state index in [0.717, 1.165) is 17.3 Å². The Morgan fingerprint density at radius 1 is 0.300 bits per heavy atom. The van der Waals surface area contributed by atoms with Crippen molar-refractivity contribution in [2.45, 2.75) is 12.8 Å². The van der Waals surface area contributed by atoms with Gasteiger partial charge < -0.3 is 4.57 Å². The highest BCUT2D eigenvalue weighted by atomic mass is 79.9. The van der Waals surface area contributed by atoms with Crippen molar-refractivity contribution in [3.63, 3.8) is 0 Å². The Hall–Kier alpha value is -8.30. The van der Waals surface area contributed by atoms with Crippen LogP contribution in [0.4, 0.5) is 0 Å². The zero-order valence-electron chi connectivity index (χ0n) is 38.5. The van der Waals surface area contributed by atoms with E-state index in [1.165, 1.54) is 127 Å². The zero-order chi connectivity index (χ0) is 46.5. The van der Waals surface area contributed by atoms with E-state index in [4.69, 9.17) is 0 Å². The van der Waals surface area contributed by atoms with Gasteiger partial charge in [-0.05, 0) is 160 Å². The minimum absolute atomic E-state index is 1.05. The van der Waals surface area contributed by atoms with Crippen molar-refractivity contribution in [1.82, 2.24) is 4.57 Å². The highest BCUT2D eigenvalue weighted by Gasteiger charge is 2.22. The molecule has 1 heterocycles. The fourth-order valence-corrected chi connectivity index (χ4v) is 11.5. The van der Waals surface area contributed by atoms with Crippen molar-refractivity contribution in [2.75, 3.05) is 0 Å². The van der Waals surface area contributed by atoms with E-state index in [2.05, 4.69) is 275 Å². The lowest BCUT2D eigenvalue weighted by Crippen LogP contribution is -1.92. The Bertz CT molecular complexity index is 4110. The third kappa shape index (κ3) is 7.40. The first kappa shape index (κ1) is 41.9. The zero-order valence-corrected chi connectivity index (χ0v) is 40.1. The summed E-state index contributed by atoms with van der Waals surface area (Å²) in [6.07, 6.45) is 2.12. The summed E-state index contributed by atoms with van der Waals surface area (Å²) in [5, 5.41) is 10.5. The maximum atomic E-state index is 3.58. The molecule has 0 N–H and O–H groups in total. The molecule has 2 heteroatoms. The van der Waals surface area contributed by atoms with E-state index >= 15 is 0 Å². The van der Waals surface area contributed by atoms with Crippen LogP contribution in [-0.2, 0) is 12.8 Å². The molecule has 1 aromatic heterocycles. The van der Waals surface area contributed by atoms with Gasteiger partial charge in [-0.15, -0.1) is 0 Å². The molecule has 0 fully saturated rings. The summed E-state index contributed by atoms with van der Waals surface area (Å²) >= 11 is 3.58. The van der Waals surface area contributed by atoms with Crippen LogP contribution >= 0.6 is 15.9 Å². The fourth-order valence-electron chi connectivity index (χ4n) is 11.1. The lowest BCUT2D eigenvalue weighted by Gasteiger charge is -2.09. The lowest BCUT2D eigenvalue weighted by atomic mass is 9.94. The number of hydrogen-bond donors (Lipinski definition) is 0. The van der Waals surface area contributed by atoms with Crippen LogP contribution in [0.3, 0.4) is 0 Å². The summed E-state index contributed by atoms with van der Waals surface area (Å²) in [6.45, 7) is 0. The average molecular weight is 957 g/mol. The largest absolute Gasteiger partial charge is 0.309 e. The van der Waals surface area contributed by atoms with Crippen molar-refractivity contribution in [3.8, 4) is 50.2 Å². The van der Waals surface area contributed by atoms with Crippen molar-refractivity contribution in [2.24, 2.45) is 0 Å². The summed E-state index contributed by atoms with van der Waals surface area (Å²) in [7, 11) is 0. The molecule has 0 saturated heterocycles. The molecule has 330 valence electrons. The Labute approximate surface area is 416 Å². The summed E-state index contributed by atoms with van der Waals surface area (Å²) < 4.78 is 3.52. The molecule has 0 bridgehead atoms. The summed E-state index contributed by atoms with van der Waals surface area (Å²) in [5.74, 6) is 0. The van der Waals surface area contributed by atoms with Crippen molar-refractivity contribution in [1.29, 1.82) is 0 Å². The van der Waals surface area contributed by atoms with Gasteiger partial charge in [0.1, 0.15) is 0 Å². The molecular formula is C68H46BrN. The Kier molecular flexibility index (Phi) is 10.6. The predicted molar refractivity (Wildman–Crippen MR) is 301 cm³/mol. The molecule has 70 heavy (non-hydrogen) atoms. The molecule has 0 spiro atoms. The number of rotatable bonds is 3. The van der Waals surface area contributed by atoms with E-state index in [-0.39, 0.29) is 0 Å². The molecule has 0 unspecified atom stereocenters. The molecule has 1 nitrogen and oxygen atoms in total. The molecule has 15 rings (SSSR count). The number of para-hydroxylation sites is 2. The predicted octanol–water partition coefficient (Wildman–Crippen LogP) is 18.9. The first-order valence-corrected chi connectivity index (χ1v) is 25.0. The van der Waals surface area contributed by atoms with Crippen LogP contribution in [0, 0.1) is 0 Å². The number of aromatic nitrogens is 1. The second-order valence-corrected chi connectivity index (χ2v) is 19.4. The first-order valence-electron chi connectivity index (χ1n) is 24.2. The van der Waals surface area contributed by atoms with Crippen molar-refractivity contribution >= 4 is 70.1 Å². The van der Waals surface area contributed by atoms with Crippen LogP contribution in [-0.4, -0.2) is 4.57 Å². The summed E-state index contributed by atoms with van der Waals surface area (Å²) in [6, 6.07) is 91.8. The van der Waals surface area contributed by atoms with Gasteiger partial charge in [-0.3, -0.25) is 0 Å². The second kappa shape index (κ2) is 17.7. The van der Waals surface area contributed by atoms with Gasteiger partial charge >= 0.3 is 0 Å². The van der Waals surface area contributed by atoms with Gasteiger partial charge in [0.2, 0.25) is 0 Å². The standard InChI is InChI=1S/C28H19N.C23H16.C17H11Br/c1-3-9-20(10-4-1)22-16-15-21-17-18-27-28(25(21)19-22)24-13-7-8-14-26(24)29(27)23-11-5-2-6-12-23;1-2-6-16(7-3-1)18-12-10-17-11-13-20-14-19-8-4-5-9-21(19)23(20)22(17)15-18;18-14-8-7-11-5-6-13-9-12-3-1-2-4-15(12)17(13)16(11)10-14/h1-19H;1-13,15H,14H2;1-8,10H,9H2. The van der Waals surface area contributed by atoms with Gasteiger partial charge in [0, 0.05) is 20.9 Å². The molecule has 0 radical (unpaired) electrons. The van der Waals surface area contributed by atoms with Crippen LogP contribution in [0.25, 0.3) is 104 Å². The number of benzene rings is 12. The third-order valence-electron chi connectivity index (χ3n) is 14.4. The van der Waals surface area contributed by atoms with E-state index in [0.29, 0.717) is 0 Å². The van der Waals surface area contributed by atoms with E-state index in [1.807, 2.05) is 0 Å². The minimum Gasteiger partial charge on any atom is -0.309 e. The molecular weight excluding hydrogens is 911 g/mol. The Morgan fingerprint density at radius 2 is 0.757 bits per heavy atom. The molecule has 13 aromatic rings. The van der Waals surface area contributed by atoms with E-state index in [9.17, 15) is 0 Å². The quantitative estimate of drug-likeness (QED) is 0.166. The number of halogens is 1. The molecule has 0 saturated carbocycles. The van der Waals surface area contributed by atoms with Gasteiger partial charge in [-0.2, -0.15) is 0 Å². The molecule has 0 aliphatic heterocycles. The maximum absolute atomic E-state index is 3.58. The van der Waals surface area contributed by atoms with Gasteiger partial charge in [-0.25, -0.2) is 0 Å². The van der Waals surface area contributed by atoms with Crippen LogP contribution in [0.1, 0.15) is 22.3 Å². The summed E-state index contributed by atoms with van der Waals surface area (Å²) in [5.41, 5.74) is 20.2. The topological polar surface area (TPSA) is 4.93 Å². The number of nitrogens with zero attached hydrogens (tertiary/aromatic N) is 1. The van der Waals surface area contributed by atoms with Crippen LogP contribution in [0.5, 0.6) is 0 Å². The number of fused-ring (bicyclic) bond motifs is 15. The van der Waals surface area contributed by atoms with Gasteiger partial charge in [0.05, 0.1) is 11.0 Å². The fraction of sp³-hybridized carbons (Fsp3) is 0.0294. The second-order valence-electron chi connectivity index (χ2n) is 18.5. The lowest BCUT2D eigenvalue weighted by molar-refractivity contribution is 1.18. The Morgan fingerprint density at radius 3 is 1.37 bits per heavy atom. The Balaban J connectivity index is 0.000000106. The maximum Gasteiger partial charge on any atom is 0.0547 e. The smallest absolute Gasteiger partial charge is 0.0547 e. The molecule has 0 atom stereocenters. The van der Waals surface area contributed by atoms with E-state index < -0.39 is 0 Å². The van der Waals surface area contributed by atoms with Crippen LogP contribution in [0.15, 0.2) is 259 Å². The molecule has 0 amide bonds. The highest BCUT2D eigenvalue weighted by Crippen LogP contribution is 2.44. The van der Waals surface area contributed by atoms with Gasteiger partial charge in [0.25, 0.3) is 0 Å². The summed E-state index contributed by atoms with van der Waals surface area (Å²) in [4.78, 5) is 0. The van der Waals surface area contributed by atoms with Crippen LogP contribution in [0.2, 0.25) is 0 Å². The molecule has 12 aromatic carbocycles. The SMILES string of the molecule is Brc1ccc2ccc3c(c2c1)-c1ccccc1C3.c1ccc(-c2ccc3ccc4c(c3c2)-c2ccccc2C4)cc1.c1ccc(-c2ccc3ccc4c(c3c2)c2ccccc2n4-c2ccccc2)cc1.